The first-order valence-electron chi connectivity index (χ1n) is 10.4. The van der Waals surface area contributed by atoms with Crippen molar-refractivity contribution in [3.05, 3.63) is 53.2 Å². The monoisotopic (exact) mass is 464 g/mol. The minimum atomic E-state index is -4.51. The molecule has 3 rings (SSSR count). The summed E-state index contributed by atoms with van der Waals surface area (Å²) in [7, 11) is 3.95. The SMILES string of the molecule is CCCCCOc1ccc(Nc2nc(-c3ccc(CN(C)C)nc3)cs2)cc1C(F)(F)F. The van der Waals surface area contributed by atoms with Gasteiger partial charge < -0.3 is 15.0 Å². The molecule has 0 spiro atoms. The molecule has 0 aliphatic carbocycles. The molecule has 0 bridgehead atoms. The van der Waals surface area contributed by atoms with Gasteiger partial charge in [-0.3, -0.25) is 4.98 Å². The largest absolute Gasteiger partial charge is 0.493 e. The Morgan fingerprint density at radius 3 is 2.59 bits per heavy atom. The number of aromatic nitrogens is 2. The number of rotatable bonds is 10. The van der Waals surface area contributed by atoms with E-state index in [0.29, 0.717) is 16.5 Å². The normalized spacial score (nSPS) is 11.7. The third-order valence-electron chi connectivity index (χ3n) is 4.64. The van der Waals surface area contributed by atoms with Gasteiger partial charge in [0.2, 0.25) is 0 Å². The lowest BCUT2D eigenvalue weighted by Crippen LogP contribution is -2.11. The van der Waals surface area contributed by atoms with Crippen molar-refractivity contribution in [1.82, 2.24) is 14.9 Å². The van der Waals surface area contributed by atoms with E-state index in [-0.39, 0.29) is 12.4 Å². The van der Waals surface area contributed by atoms with Gasteiger partial charge in [-0.2, -0.15) is 13.2 Å². The van der Waals surface area contributed by atoms with Gasteiger partial charge in [-0.05, 0) is 50.8 Å². The molecular formula is C23H27F3N4OS. The number of nitrogens with zero attached hydrogens (tertiary/aromatic N) is 3. The lowest BCUT2D eigenvalue weighted by atomic mass is 10.1. The molecule has 0 amide bonds. The Balaban J connectivity index is 1.72. The smallest absolute Gasteiger partial charge is 0.420 e. The molecule has 0 radical (unpaired) electrons. The lowest BCUT2D eigenvalue weighted by molar-refractivity contribution is -0.138. The summed E-state index contributed by atoms with van der Waals surface area (Å²) in [4.78, 5) is 11.0. The topological polar surface area (TPSA) is 50.3 Å². The Hall–Kier alpha value is -2.65. The summed E-state index contributed by atoms with van der Waals surface area (Å²) < 4.78 is 46.0. The van der Waals surface area contributed by atoms with Crippen LogP contribution in [-0.4, -0.2) is 35.6 Å². The van der Waals surface area contributed by atoms with Crippen LogP contribution in [0, 0.1) is 0 Å². The van der Waals surface area contributed by atoms with Gasteiger partial charge in [-0.1, -0.05) is 19.8 Å². The zero-order chi connectivity index (χ0) is 23.1. The molecule has 0 fully saturated rings. The van der Waals surface area contributed by atoms with Crippen molar-refractivity contribution in [1.29, 1.82) is 0 Å². The summed E-state index contributed by atoms with van der Waals surface area (Å²) in [5.41, 5.74) is 2.02. The molecular weight excluding hydrogens is 437 g/mol. The Morgan fingerprint density at radius 2 is 1.94 bits per heavy atom. The number of benzene rings is 1. The standard InChI is InChI=1S/C23H27F3N4OS/c1-4-5-6-11-31-21-10-9-17(12-19(21)23(24,25)26)28-22-29-20(15-32-22)16-7-8-18(27-13-16)14-30(2)3/h7-10,12-13,15H,4-6,11,14H2,1-3H3,(H,28,29). The molecule has 172 valence electrons. The second-order valence-electron chi connectivity index (χ2n) is 7.70. The van der Waals surface area contributed by atoms with Crippen LogP contribution in [0.1, 0.15) is 37.4 Å². The Bertz CT molecular complexity index is 1000. The third kappa shape index (κ3) is 6.67. The van der Waals surface area contributed by atoms with Crippen LogP contribution in [-0.2, 0) is 12.7 Å². The quantitative estimate of drug-likeness (QED) is 0.343. The van der Waals surface area contributed by atoms with Crippen LogP contribution < -0.4 is 10.1 Å². The fourth-order valence-electron chi connectivity index (χ4n) is 3.07. The molecule has 0 atom stereocenters. The molecule has 0 aliphatic rings. The molecule has 0 aliphatic heterocycles. The first-order valence-corrected chi connectivity index (χ1v) is 11.3. The second kappa shape index (κ2) is 10.8. The van der Waals surface area contributed by atoms with E-state index in [1.807, 2.05) is 43.4 Å². The fourth-order valence-corrected chi connectivity index (χ4v) is 3.81. The van der Waals surface area contributed by atoms with E-state index in [1.165, 1.54) is 17.4 Å². The highest BCUT2D eigenvalue weighted by Gasteiger charge is 2.34. The molecule has 2 aromatic heterocycles. The average molecular weight is 465 g/mol. The van der Waals surface area contributed by atoms with Crippen molar-refractivity contribution in [2.75, 3.05) is 26.0 Å². The maximum absolute atomic E-state index is 13.5. The molecule has 1 N–H and O–H groups in total. The molecule has 0 unspecified atom stereocenters. The zero-order valence-corrected chi connectivity index (χ0v) is 19.2. The highest BCUT2D eigenvalue weighted by molar-refractivity contribution is 7.14. The molecule has 2 heterocycles. The number of pyridine rings is 1. The van der Waals surface area contributed by atoms with Crippen molar-refractivity contribution in [3.8, 4) is 17.0 Å². The maximum Gasteiger partial charge on any atom is 0.420 e. The van der Waals surface area contributed by atoms with E-state index < -0.39 is 11.7 Å². The van der Waals surface area contributed by atoms with Crippen molar-refractivity contribution in [2.45, 2.75) is 38.9 Å². The van der Waals surface area contributed by atoms with Crippen molar-refractivity contribution < 1.29 is 17.9 Å². The van der Waals surface area contributed by atoms with Gasteiger partial charge in [0.1, 0.15) is 5.75 Å². The van der Waals surface area contributed by atoms with Crippen LogP contribution in [0.5, 0.6) is 5.75 Å². The van der Waals surface area contributed by atoms with E-state index >= 15 is 0 Å². The highest BCUT2D eigenvalue weighted by atomic mass is 32.1. The van der Waals surface area contributed by atoms with Crippen LogP contribution in [0.15, 0.2) is 41.9 Å². The summed E-state index contributed by atoms with van der Waals surface area (Å²) >= 11 is 1.32. The predicted molar refractivity (Wildman–Crippen MR) is 122 cm³/mol. The Kier molecular flexibility index (Phi) is 8.09. The molecule has 1 aromatic carbocycles. The third-order valence-corrected chi connectivity index (χ3v) is 5.40. The van der Waals surface area contributed by atoms with E-state index in [9.17, 15) is 13.2 Å². The number of halogens is 3. The molecule has 32 heavy (non-hydrogen) atoms. The molecule has 0 saturated carbocycles. The first kappa shape index (κ1) is 24.0. The number of nitrogens with one attached hydrogen (secondary N) is 1. The number of thiazole rings is 1. The van der Waals surface area contributed by atoms with Crippen LogP contribution >= 0.6 is 11.3 Å². The van der Waals surface area contributed by atoms with Crippen LogP contribution in [0.4, 0.5) is 24.0 Å². The lowest BCUT2D eigenvalue weighted by Gasteiger charge is -2.15. The minimum Gasteiger partial charge on any atom is -0.493 e. The van der Waals surface area contributed by atoms with Crippen molar-refractivity contribution >= 4 is 22.2 Å². The number of ether oxygens (including phenoxy) is 1. The number of anilines is 2. The van der Waals surface area contributed by atoms with E-state index in [4.69, 9.17) is 4.74 Å². The van der Waals surface area contributed by atoms with Crippen LogP contribution in [0.3, 0.4) is 0 Å². The molecule has 5 nitrogen and oxygen atoms in total. The maximum atomic E-state index is 13.5. The van der Waals surface area contributed by atoms with Crippen LogP contribution in [0.25, 0.3) is 11.3 Å². The number of alkyl halides is 3. The summed E-state index contributed by atoms with van der Waals surface area (Å²) in [5.74, 6) is -0.150. The highest BCUT2D eigenvalue weighted by Crippen LogP contribution is 2.39. The Morgan fingerprint density at radius 1 is 1.12 bits per heavy atom. The van der Waals surface area contributed by atoms with Gasteiger partial charge >= 0.3 is 6.18 Å². The van der Waals surface area contributed by atoms with Crippen molar-refractivity contribution in [2.24, 2.45) is 0 Å². The van der Waals surface area contributed by atoms with Gasteiger partial charge in [-0.25, -0.2) is 4.98 Å². The van der Waals surface area contributed by atoms with E-state index in [0.717, 1.165) is 43.1 Å². The van der Waals surface area contributed by atoms with Crippen molar-refractivity contribution in [3.63, 3.8) is 0 Å². The first-order chi connectivity index (χ1) is 15.3. The van der Waals surface area contributed by atoms with Gasteiger partial charge in [0.05, 0.1) is 23.6 Å². The summed E-state index contributed by atoms with van der Waals surface area (Å²) in [6.07, 6.45) is -0.137. The molecule has 0 saturated heterocycles. The predicted octanol–water partition coefficient (Wildman–Crippen LogP) is 6.60. The number of hydrogen-bond donors (Lipinski definition) is 1. The van der Waals surface area contributed by atoms with E-state index in [1.54, 1.807) is 12.3 Å². The average Bonchev–Trinajstić information content (AvgIpc) is 3.20. The van der Waals surface area contributed by atoms with E-state index in [2.05, 4.69) is 15.3 Å². The van der Waals surface area contributed by atoms with Gasteiger partial charge in [0, 0.05) is 29.4 Å². The van der Waals surface area contributed by atoms with Gasteiger partial charge in [-0.15, -0.1) is 11.3 Å². The Labute approximate surface area is 190 Å². The minimum absolute atomic E-state index is 0.150. The van der Waals surface area contributed by atoms with Gasteiger partial charge in [0.25, 0.3) is 0 Å². The number of hydrogen-bond acceptors (Lipinski definition) is 6. The summed E-state index contributed by atoms with van der Waals surface area (Å²) in [6.45, 7) is 3.03. The second-order valence-corrected chi connectivity index (χ2v) is 8.56. The summed E-state index contributed by atoms with van der Waals surface area (Å²) in [6, 6.07) is 7.88. The fraction of sp³-hybridized carbons (Fsp3) is 0.391. The van der Waals surface area contributed by atoms with Crippen LogP contribution in [0.2, 0.25) is 0 Å². The van der Waals surface area contributed by atoms with Gasteiger partial charge in [0.15, 0.2) is 5.13 Å². The zero-order valence-electron chi connectivity index (χ0n) is 18.4. The number of unbranched alkanes of at least 4 members (excludes halogenated alkanes) is 2. The molecule has 3 aromatic rings. The summed E-state index contributed by atoms with van der Waals surface area (Å²) in [5, 5.41) is 5.32. The molecule has 9 heteroatoms.